The lowest BCUT2D eigenvalue weighted by Crippen LogP contribution is -2.28. The largest absolute Gasteiger partial charge is 0.368 e. The smallest absolute Gasteiger partial charge is 0.289 e. The van der Waals surface area contributed by atoms with Crippen molar-refractivity contribution in [1.29, 1.82) is 0 Å². The Labute approximate surface area is 85.7 Å². The van der Waals surface area contributed by atoms with Crippen molar-refractivity contribution in [3.63, 3.8) is 0 Å². The van der Waals surface area contributed by atoms with E-state index in [1.165, 1.54) is 0 Å². The summed E-state index contributed by atoms with van der Waals surface area (Å²) < 4.78 is 0. The molecule has 0 atom stereocenters. The molecular weight excluding hydrogens is 192 g/mol. The number of benzene rings is 1. The van der Waals surface area contributed by atoms with Gasteiger partial charge >= 0.3 is 6.03 Å². The number of para-hydroxylation sites is 1. The minimum Gasteiger partial charge on any atom is -0.289 e. The molecule has 2 amide bonds. The van der Waals surface area contributed by atoms with Crippen LogP contribution in [0.25, 0.3) is 0 Å². The van der Waals surface area contributed by atoms with E-state index in [2.05, 4.69) is 16.6 Å². The molecule has 4 nitrogen and oxygen atoms in total. The first-order valence-electron chi connectivity index (χ1n) is 4.40. The van der Waals surface area contributed by atoms with Crippen LogP contribution in [0.1, 0.15) is 17.3 Å². The molecule has 0 aliphatic carbocycles. The molecule has 0 aromatic heterocycles. The number of Topliss-reactive ketones (excluding diaryl/α,β-unsaturated/α-hetero) is 1. The van der Waals surface area contributed by atoms with Gasteiger partial charge in [0.1, 0.15) is 5.36 Å². The number of rotatable bonds is 2. The molecule has 1 aliphatic heterocycles. The van der Waals surface area contributed by atoms with Crippen LogP contribution in [-0.4, -0.2) is 11.8 Å². The summed E-state index contributed by atoms with van der Waals surface area (Å²) in [6, 6.07) is 4.38. The average Bonchev–Trinajstić information content (AvgIpc) is 2.56. The van der Waals surface area contributed by atoms with Crippen LogP contribution < -0.4 is 10.7 Å². The van der Waals surface area contributed by atoms with E-state index in [9.17, 15) is 9.59 Å². The normalized spacial score (nSPS) is 12.7. The fraction of sp³-hybridized carbons (Fsp3) is 0.0909. The highest BCUT2D eigenvalue weighted by Gasteiger charge is 2.14. The Bertz CT molecular complexity index is 600. The summed E-state index contributed by atoms with van der Waals surface area (Å²) in [5, 5.41) is 0.808. The summed E-state index contributed by atoms with van der Waals surface area (Å²) in [4.78, 5) is 30.0. The molecule has 74 valence electrons. The topological polar surface area (TPSA) is 58.9 Å². The predicted molar refractivity (Wildman–Crippen MR) is 53.3 cm³/mol. The number of ketones is 1. The van der Waals surface area contributed by atoms with Crippen LogP contribution in [0.5, 0.6) is 0 Å². The van der Waals surface area contributed by atoms with Crippen LogP contribution in [0.2, 0.25) is 0 Å². The molecule has 4 heteroatoms. The van der Waals surface area contributed by atoms with Crippen LogP contribution >= 0.6 is 0 Å². The maximum atomic E-state index is 11.7. The Morgan fingerprint density at radius 3 is 2.73 bits per heavy atom. The first kappa shape index (κ1) is 9.45. The van der Waals surface area contributed by atoms with Gasteiger partial charge in [-0.2, -0.15) is 9.98 Å². The maximum Gasteiger partial charge on any atom is 0.368 e. The molecule has 15 heavy (non-hydrogen) atoms. The number of hydrogen-bond donors (Lipinski definition) is 0. The highest BCUT2D eigenvalue weighted by atomic mass is 16.2. The third-order valence-electron chi connectivity index (χ3n) is 2.07. The quantitative estimate of drug-likeness (QED) is 0.524. The van der Waals surface area contributed by atoms with Crippen molar-refractivity contribution >= 4 is 11.8 Å². The van der Waals surface area contributed by atoms with Crippen molar-refractivity contribution in [2.24, 2.45) is 9.98 Å². The summed E-state index contributed by atoms with van der Waals surface area (Å²) in [5.41, 5.74) is 0.799. The van der Waals surface area contributed by atoms with E-state index < -0.39 is 6.03 Å². The Morgan fingerprint density at radius 1 is 1.33 bits per heavy atom. The summed E-state index contributed by atoms with van der Waals surface area (Å²) >= 11 is 0. The molecule has 1 heterocycles. The summed E-state index contributed by atoms with van der Waals surface area (Å²) in [6.45, 7) is 5.19. The van der Waals surface area contributed by atoms with Gasteiger partial charge in [-0.25, -0.2) is 4.79 Å². The highest BCUT2D eigenvalue weighted by molar-refractivity contribution is 6.07. The lowest BCUT2D eigenvalue weighted by molar-refractivity contribution is 0.103. The SMILES string of the molecule is C=C(C)C(=O)c1cccc2c1=NC(=O)N=2. The van der Waals surface area contributed by atoms with Gasteiger partial charge < -0.3 is 0 Å². The van der Waals surface area contributed by atoms with Crippen molar-refractivity contribution in [2.45, 2.75) is 6.92 Å². The molecule has 1 aromatic carbocycles. The van der Waals surface area contributed by atoms with Gasteiger partial charge in [0.15, 0.2) is 5.78 Å². The molecular formula is C11H8N2O2. The Kier molecular flexibility index (Phi) is 2.04. The first-order chi connectivity index (χ1) is 7.09. The predicted octanol–water partition coefficient (Wildman–Crippen LogP) is 0.818. The zero-order valence-corrected chi connectivity index (χ0v) is 8.15. The summed E-state index contributed by atoms with van der Waals surface area (Å²) in [5.74, 6) is -0.208. The molecule has 0 spiro atoms. The number of carbonyl (C=O) groups is 2. The second kappa shape index (κ2) is 3.24. The molecule has 0 unspecified atom stereocenters. The number of amides is 2. The number of allylic oxidation sites excluding steroid dienone is 1. The van der Waals surface area contributed by atoms with Crippen LogP contribution in [0.3, 0.4) is 0 Å². The van der Waals surface area contributed by atoms with Gasteiger partial charge in [-0.05, 0) is 24.6 Å². The summed E-state index contributed by atoms with van der Waals surface area (Å²) in [6.07, 6.45) is 0. The lowest BCUT2D eigenvalue weighted by Gasteiger charge is -1.97. The number of carbonyl (C=O) groups excluding carboxylic acids is 2. The number of nitrogens with zero attached hydrogens (tertiary/aromatic N) is 2. The molecule has 0 fully saturated rings. The third kappa shape index (κ3) is 1.50. The fourth-order valence-electron chi connectivity index (χ4n) is 1.38. The van der Waals surface area contributed by atoms with Gasteiger partial charge in [0.05, 0.1) is 10.9 Å². The fourth-order valence-corrected chi connectivity index (χ4v) is 1.38. The van der Waals surface area contributed by atoms with Crippen molar-refractivity contribution < 1.29 is 9.59 Å². The third-order valence-corrected chi connectivity index (χ3v) is 2.07. The minimum absolute atomic E-state index is 0.208. The van der Waals surface area contributed by atoms with Crippen molar-refractivity contribution in [1.82, 2.24) is 0 Å². The van der Waals surface area contributed by atoms with E-state index in [1.807, 2.05) is 0 Å². The van der Waals surface area contributed by atoms with Gasteiger partial charge in [-0.1, -0.05) is 12.6 Å². The van der Waals surface area contributed by atoms with E-state index in [4.69, 9.17) is 0 Å². The van der Waals surface area contributed by atoms with Crippen molar-refractivity contribution in [2.75, 3.05) is 0 Å². The molecule has 2 rings (SSSR count). The van der Waals surface area contributed by atoms with E-state index >= 15 is 0 Å². The first-order valence-corrected chi connectivity index (χ1v) is 4.40. The monoisotopic (exact) mass is 200 g/mol. The zero-order valence-electron chi connectivity index (χ0n) is 8.15. The molecule has 0 bridgehead atoms. The number of urea groups is 1. The molecule has 0 saturated heterocycles. The summed E-state index contributed by atoms with van der Waals surface area (Å²) in [7, 11) is 0. The van der Waals surface area contributed by atoms with E-state index in [0.717, 1.165) is 0 Å². The molecule has 0 saturated carbocycles. The van der Waals surface area contributed by atoms with Crippen LogP contribution in [0, 0.1) is 0 Å². The maximum absolute atomic E-state index is 11.7. The average molecular weight is 200 g/mol. The van der Waals surface area contributed by atoms with Gasteiger partial charge in [0.2, 0.25) is 0 Å². The van der Waals surface area contributed by atoms with Crippen molar-refractivity contribution in [3.8, 4) is 0 Å². The lowest BCUT2D eigenvalue weighted by atomic mass is 10.1. The van der Waals surface area contributed by atoms with Gasteiger partial charge in [0, 0.05) is 0 Å². The zero-order chi connectivity index (χ0) is 11.0. The Balaban J connectivity index is 2.74. The van der Waals surface area contributed by atoms with Gasteiger partial charge in [0.25, 0.3) is 0 Å². The van der Waals surface area contributed by atoms with Crippen LogP contribution in [0.15, 0.2) is 40.3 Å². The van der Waals surface area contributed by atoms with E-state index in [1.54, 1.807) is 25.1 Å². The number of fused-ring (bicyclic) bond motifs is 1. The van der Waals surface area contributed by atoms with E-state index in [0.29, 0.717) is 21.9 Å². The van der Waals surface area contributed by atoms with Gasteiger partial charge in [-0.15, -0.1) is 0 Å². The van der Waals surface area contributed by atoms with E-state index in [-0.39, 0.29) is 5.78 Å². The minimum atomic E-state index is -0.563. The highest BCUT2D eigenvalue weighted by Crippen LogP contribution is 2.01. The number of hydrogen-bond acceptors (Lipinski definition) is 2. The molecule has 1 aromatic rings. The second-order valence-corrected chi connectivity index (χ2v) is 3.29. The Hall–Kier alpha value is -2.10. The van der Waals surface area contributed by atoms with Crippen LogP contribution in [-0.2, 0) is 0 Å². The van der Waals surface area contributed by atoms with Crippen molar-refractivity contribution in [3.05, 3.63) is 46.6 Å². The molecule has 0 N–H and O–H groups in total. The second-order valence-electron chi connectivity index (χ2n) is 3.29. The van der Waals surface area contributed by atoms with Crippen LogP contribution in [0.4, 0.5) is 4.79 Å². The standard InChI is InChI=1S/C11H8N2O2/c1-6(2)10(14)7-4-3-5-8-9(7)13-11(15)12-8/h3-5H,1H2,2H3. The molecule has 0 radical (unpaired) electrons. The Morgan fingerprint density at radius 2 is 2.07 bits per heavy atom. The molecule has 1 aliphatic rings. The van der Waals surface area contributed by atoms with Gasteiger partial charge in [-0.3, -0.25) is 4.79 Å².